The second kappa shape index (κ2) is 4.91. The van der Waals surface area contributed by atoms with Gasteiger partial charge in [0.1, 0.15) is 0 Å². The number of nitrogens with one attached hydrogen (secondary N) is 1. The molecule has 0 spiro atoms. The molecule has 112 valence electrons. The first kappa shape index (κ1) is 15.1. The average Bonchev–Trinajstić information content (AvgIpc) is 2.34. The van der Waals surface area contributed by atoms with Gasteiger partial charge in [-0.25, -0.2) is 13.6 Å². The molecular weight excluding hydrogens is 278 g/mol. The van der Waals surface area contributed by atoms with Crippen LogP contribution in [0.4, 0.5) is 11.4 Å². The topological polar surface area (TPSA) is 107 Å². The van der Waals surface area contributed by atoms with E-state index in [4.69, 9.17) is 15.6 Å². The minimum absolute atomic E-state index is 0.000193. The maximum absolute atomic E-state index is 11.3. The summed E-state index contributed by atoms with van der Waals surface area (Å²) in [6.45, 7) is 4.24. The first-order valence-electron chi connectivity index (χ1n) is 6.38. The third-order valence-corrected chi connectivity index (χ3v) is 5.05. The van der Waals surface area contributed by atoms with Gasteiger partial charge in [-0.2, -0.15) is 0 Å². The van der Waals surface area contributed by atoms with E-state index in [9.17, 15) is 8.42 Å². The number of primary sulfonamides is 1. The van der Waals surface area contributed by atoms with E-state index in [0.717, 1.165) is 6.42 Å². The number of methoxy groups -OCH3 is 1. The van der Waals surface area contributed by atoms with Crippen LogP contribution < -0.4 is 16.2 Å². The summed E-state index contributed by atoms with van der Waals surface area (Å²) in [4.78, 5) is 0.0168. The first-order chi connectivity index (χ1) is 9.16. The molecule has 6 nitrogen and oxygen atoms in total. The van der Waals surface area contributed by atoms with Crippen molar-refractivity contribution >= 4 is 21.4 Å². The molecule has 7 heteroatoms. The number of benzene rings is 1. The highest BCUT2D eigenvalue weighted by Gasteiger charge is 2.48. The molecule has 0 aromatic heterocycles. The molecule has 0 aliphatic heterocycles. The highest BCUT2D eigenvalue weighted by atomic mass is 32.2. The largest absolute Gasteiger partial charge is 0.397 e. The predicted octanol–water partition coefficient (Wildman–Crippen LogP) is 1.14. The van der Waals surface area contributed by atoms with Crippen LogP contribution in [0.2, 0.25) is 0 Å². The van der Waals surface area contributed by atoms with Crippen molar-refractivity contribution in [2.45, 2.75) is 37.3 Å². The number of nitrogens with two attached hydrogens (primary N) is 2. The summed E-state index contributed by atoms with van der Waals surface area (Å²) in [5.41, 5.74) is 6.97. The highest BCUT2D eigenvalue weighted by Crippen LogP contribution is 2.44. The van der Waals surface area contributed by atoms with E-state index in [1.54, 1.807) is 13.2 Å². The minimum Gasteiger partial charge on any atom is -0.397 e. The van der Waals surface area contributed by atoms with Crippen molar-refractivity contribution < 1.29 is 13.2 Å². The number of sulfonamides is 1. The lowest BCUT2D eigenvalue weighted by atomic mass is 9.64. The van der Waals surface area contributed by atoms with Crippen LogP contribution in [0, 0.1) is 5.41 Å². The van der Waals surface area contributed by atoms with Crippen molar-refractivity contribution in [3.05, 3.63) is 18.2 Å². The molecule has 1 aromatic carbocycles. The zero-order chi connectivity index (χ0) is 15.1. The Balaban J connectivity index is 2.16. The summed E-state index contributed by atoms with van der Waals surface area (Å²) in [5.74, 6) is 0. The molecule has 0 radical (unpaired) electrons. The minimum atomic E-state index is -3.73. The van der Waals surface area contributed by atoms with Crippen LogP contribution in [0.5, 0.6) is 0 Å². The summed E-state index contributed by atoms with van der Waals surface area (Å²) in [7, 11) is -2.02. The van der Waals surface area contributed by atoms with Crippen molar-refractivity contribution in [2.75, 3.05) is 18.2 Å². The fourth-order valence-electron chi connectivity index (χ4n) is 2.57. The van der Waals surface area contributed by atoms with Gasteiger partial charge in [0, 0.05) is 18.6 Å². The van der Waals surface area contributed by atoms with E-state index in [1.807, 2.05) is 0 Å². The van der Waals surface area contributed by atoms with E-state index in [-0.39, 0.29) is 22.5 Å². The molecule has 1 aliphatic rings. The van der Waals surface area contributed by atoms with Crippen LogP contribution in [0.1, 0.15) is 20.3 Å². The summed E-state index contributed by atoms with van der Waals surface area (Å²) < 4.78 is 27.9. The Kier molecular flexibility index (Phi) is 3.70. The van der Waals surface area contributed by atoms with Crippen LogP contribution in [0.3, 0.4) is 0 Å². The highest BCUT2D eigenvalue weighted by molar-refractivity contribution is 7.89. The van der Waals surface area contributed by atoms with Gasteiger partial charge in [0.25, 0.3) is 0 Å². The molecular formula is C13H21N3O3S. The van der Waals surface area contributed by atoms with Crippen molar-refractivity contribution in [1.82, 2.24) is 0 Å². The molecule has 20 heavy (non-hydrogen) atoms. The lowest BCUT2D eigenvalue weighted by molar-refractivity contribution is -0.0794. The zero-order valence-electron chi connectivity index (χ0n) is 11.9. The molecule has 0 bridgehead atoms. The third-order valence-electron chi connectivity index (χ3n) is 4.14. The maximum atomic E-state index is 11.3. The Labute approximate surface area is 119 Å². The molecule has 0 amide bonds. The normalized spacial score (nSPS) is 25.0. The number of ether oxygens (including phenoxy) is 1. The second-order valence-corrected chi connectivity index (χ2v) is 7.33. The molecule has 2 atom stereocenters. The molecule has 2 unspecified atom stereocenters. The fraction of sp³-hybridized carbons (Fsp3) is 0.538. The van der Waals surface area contributed by atoms with Gasteiger partial charge in [0.05, 0.1) is 22.4 Å². The molecule has 2 rings (SSSR count). The predicted molar refractivity (Wildman–Crippen MR) is 78.8 cm³/mol. The number of nitrogen functional groups attached to an aromatic ring is 1. The summed E-state index contributed by atoms with van der Waals surface area (Å²) in [5, 5.41) is 8.41. The smallest absolute Gasteiger partial charge is 0.238 e. The molecule has 1 fully saturated rings. The van der Waals surface area contributed by atoms with Gasteiger partial charge >= 0.3 is 0 Å². The molecule has 1 aliphatic carbocycles. The number of hydrogen-bond donors (Lipinski definition) is 3. The van der Waals surface area contributed by atoms with Gasteiger partial charge in [0.15, 0.2) is 0 Å². The van der Waals surface area contributed by atoms with Gasteiger partial charge in [-0.15, -0.1) is 0 Å². The standard InChI is InChI=1S/C13H21N3O3S/c1-13(2)11(7-12(13)19-3)16-10-5-4-8(6-9(10)14)20(15,17)18/h4-6,11-12,16H,7,14H2,1-3H3,(H2,15,17,18). The van der Waals surface area contributed by atoms with Gasteiger partial charge in [-0.3, -0.25) is 0 Å². The van der Waals surface area contributed by atoms with Gasteiger partial charge < -0.3 is 15.8 Å². The van der Waals surface area contributed by atoms with E-state index in [1.165, 1.54) is 12.1 Å². The number of anilines is 2. The molecule has 1 saturated carbocycles. The fourth-order valence-corrected chi connectivity index (χ4v) is 3.12. The molecule has 0 heterocycles. The van der Waals surface area contributed by atoms with E-state index >= 15 is 0 Å². The van der Waals surface area contributed by atoms with Crippen molar-refractivity contribution in [3.8, 4) is 0 Å². The van der Waals surface area contributed by atoms with E-state index < -0.39 is 10.0 Å². The molecule has 1 aromatic rings. The number of hydrogen-bond acceptors (Lipinski definition) is 5. The van der Waals surface area contributed by atoms with Crippen molar-refractivity contribution in [3.63, 3.8) is 0 Å². The first-order valence-corrected chi connectivity index (χ1v) is 7.92. The Morgan fingerprint density at radius 2 is 2.05 bits per heavy atom. The van der Waals surface area contributed by atoms with Gasteiger partial charge in [-0.05, 0) is 24.6 Å². The number of rotatable bonds is 4. The van der Waals surface area contributed by atoms with E-state index in [0.29, 0.717) is 11.4 Å². The van der Waals surface area contributed by atoms with Crippen LogP contribution in [0.15, 0.2) is 23.1 Å². The summed E-state index contributed by atoms with van der Waals surface area (Å²) in [6.07, 6.45) is 1.10. The SMILES string of the molecule is COC1CC(Nc2ccc(S(N)(=O)=O)cc2N)C1(C)C. The lowest BCUT2D eigenvalue weighted by Crippen LogP contribution is -2.57. The van der Waals surface area contributed by atoms with Crippen LogP contribution in [0.25, 0.3) is 0 Å². The average molecular weight is 299 g/mol. The zero-order valence-corrected chi connectivity index (χ0v) is 12.7. The second-order valence-electron chi connectivity index (χ2n) is 5.77. The maximum Gasteiger partial charge on any atom is 0.238 e. The Morgan fingerprint density at radius 1 is 1.40 bits per heavy atom. The molecule has 5 N–H and O–H groups in total. The van der Waals surface area contributed by atoms with Crippen molar-refractivity contribution in [1.29, 1.82) is 0 Å². The Morgan fingerprint density at radius 3 is 2.50 bits per heavy atom. The Hall–Kier alpha value is -1.31. The van der Waals surface area contributed by atoms with Gasteiger partial charge in [-0.1, -0.05) is 13.8 Å². The van der Waals surface area contributed by atoms with Gasteiger partial charge in [0.2, 0.25) is 10.0 Å². The van der Waals surface area contributed by atoms with E-state index in [2.05, 4.69) is 19.2 Å². The molecule has 0 saturated heterocycles. The van der Waals surface area contributed by atoms with Crippen LogP contribution in [-0.4, -0.2) is 27.7 Å². The quantitative estimate of drug-likeness (QED) is 0.723. The van der Waals surface area contributed by atoms with Crippen LogP contribution >= 0.6 is 0 Å². The van der Waals surface area contributed by atoms with Crippen molar-refractivity contribution in [2.24, 2.45) is 10.6 Å². The third kappa shape index (κ3) is 2.61. The monoisotopic (exact) mass is 299 g/mol. The lowest BCUT2D eigenvalue weighted by Gasteiger charge is -2.51. The summed E-state index contributed by atoms with van der Waals surface area (Å²) >= 11 is 0. The Bertz CT molecular complexity index is 613. The summed E-state index contributed by atoms with van der Waals surface area (Å²) in [6, 6.07) is 4.70. The van der Waals surface area contributed by atoms with Crippen LogP contribution in [-0.2, 0) is 14.8 Å².